The summed E-state index contributed by atoms with van der Waals surface area (Å²) in [5, 5.41) is 38.8. The molecular weight excluding hydrogens is 917 g/mol. The van der Waals surface area contributed by atoms with E-state index in [1.165, 1.54) is 24.3 Å². The Bertz CT molecular complexity index is 2750. The average molecular weight is 981 g/mol. The Morgan fingerprint density at radius 1 is 0.958 bits per heavy atom. The number of aromatic nitrogens is 1. The van der Waals surface area contributed by atoms with E-state index in [2.05, 4.69) is 23.7 Å². The molecule has 5 aromatic rings. The van der Waals surface area contributed by atoms with Crippen molar-refractivity contribution in [2.75, 3.05) is 26.4 Å². The second-order valence-electron chi connectivity index (χ2n) is 19.1. The van der Waals surface area contributed by atoms with Gasteiger partial charge in [-0.15, -0.1) is 6.58 Å². The van der Waals surface area contributed by atoms with Crippen molar-refractivity contribution < 1.29 is 48.5 Å². The van der Waals surface area contributed by atoms with E-state index < -0.39 is 35.1 Å². The Hall–Kier alpha value is -6.65. The molecule has 1 amide bonds. The number of hydrogen-bond acceptors (Lipinski definition) is 13. The number of allylic oxidation sites excluding steroid dienone is 1. The summed E-state index contributed by atoms with van der Waals surface area (Å²) in [6.07, 6.45) is 9.61. The molecule has 7 unspecified atom stereocenters. The van der Waals surface area contributed by atoms with Gasteiger partial charge < -0.3 is 38.7 Å². The van der Waals surface area contributed by atoms with E-state index in [-0.39, 0.29) is 68.6 Å². The number of carbonyl (C=O) groups is 1. The molecule has 0 bridgehead atoms. The van der Waals surface area contributed by atoms with Crippen LogP contribution < -0.4 is 14.2 Å². The minimum atomic E-state index is -1.60. The number of hydrogen-bond donors (Lipinski definition) is 2. The van der Waals surface area contributed by atoms with Crippen molar-refractivity contribution in [1.82, 2.24) is 9.88 Å². The summed E-state index contributed by atoms with van der Waals surface area (Å²) in [4.78, 5) is 39.3. The third kappa shape index (κ3) is 11.0. The summed E-state index contributed by atoms with van der Waals surface area (Å²) >= 11 is 0. The number of aliphatic hydroxyl groups excluding tert-OH is 2. The van der Waals surface area contributed by atoms with Gasteiger partial charge in [0.2, 0.25) is 12.1 Å². The van der Waals surface area contributed by atoms with Crippen LogP contribution in [-0.2, 0) is 27.5 Å². The SMILES string of the molecule is C=CCOC12Oc3ccc(OCc4cccc(C)n4)cc3C3C(CCCCO)C(CCCCO)C=C(C(=NOC4CCCCO4)CC1N(Cc1cccc4ccccc14)C(=O)Oc1ccc([N+](=O)[O-])cc1)C32. The van der Waals surface area contributed by atoms with Gasteiger partial charge in [-0.2, -0.15) is 0 Å². The van der Waals surface area contributed by atoms with Gasteiger partial charge in [-0.3, -0.25) is 20.0 Å². The highest BCUT2D eigenvalue weighted by atomic mass is 16.8. The lowest BCUT2D eigenvalue weighted by Gasteiger charge is -2.59. The number of non-ortho nitro benzene ring substituents is 1. The maximum absolute atomic E-state index is 15.4. The van der Waals surface area contributed by atoms with Crippen LogP contribution in [0.1, 0.15) is 92.6 Å². The molecule has 0 radical (unpaired) electrons. The normalized spacial score (nSPS) is 23.8. The fourth-order valence-corrected chi connectivity index (χ4v) is 11.2. The molecule has 15 heteroatoms. The number of oxime groups is 1. The van der Waals surface area contributed by atoms with E-state index in [0.29, 0.717) is 43.1 Å². The maximum Gasteiger partial charge on any atom is 0.416 e. The van der Waals surface area contributed by atoms with Crippen LogP contribution in [0.2, 0.25) is 0 Å². The van der Waals surface area contributed by atoms with Crippen LogP contribution in [0, 0.1) is 34.8 Å². The Morgan fingerprint density at radius 2 is 1.74 bits per heavy atom. The number of nitrogens with zero attached hydrogens (tertiary/aromatic N) is 4. The third-order valence-electron chi connectivity index (χ3n) is 14.5. The number of unbranched alkanes of at least 4 members (excludes halogenated alkanes) is 2. The highest BCUT2D eigenvalue weighted by Gasteiger charge is 2.66. The lowest BCUT2D eigenvalue weighted by Crippen LogP contribution is -2.70. The number of nitro benzene ring substituents is 1. The molecule has 7 atom stereocenters. The van der Waals surface area contributed by atoms with E-state index >= 15 is 4.79 Å². The number of carbonyl (C=O) groups excluding carboxylic acids is 1. The van der Waals surface area contributed by atoms with Gasteiger partial charge >= 0.3 is 6.09 Å². The Morgan fingerprint density at radius 3 is 2.50 bits per heavy atom. The number of fused-ring (bicyclic) bond motifs is 3. The number of rotatable bonds is 21. The summed E-state index contributed by atoms with van der Waals surface area (Å²) < 4.78 is 33.6. The molecule has 72 heavy (non-hydrogen) atoms. The zero-order valence-electron chi connectivity index (χ0n) is 40.8. The quantitative estimate of drug-likeness (QED) is 0.0307. The molecule has 2 aliphatic carbocycles. The predicted molar refractivity (Wildman–Crippen MR) is 272 cm³/mol. The zero-order valence-corrected chi connectivity index (χ0v) is 40.8. The zero-order chi connectivity index (χ0) is 50.0. The van der Waals surface area contributed by atoms with Crippen molar-refractivity contribution in [3.63, 3.8) is 0 Å². The van der Waals surface area contributed by atoms with Crippen LogP contribution in [0.5, 0.6) is 17.2 Å². The molecule has 1 saturated carbocycles. The Kier molecular flexibility index (Phi) is 16.3. The number of nitro groups is 1. The third-order valence-corrected chi connectivity index (χ3v) is 14.5. The molecule has 4 aliphatic rings. The van der Waals surface area contributed by atoms with Gasteiger partial charge in [-0.05, 0) is 122 Å². The lowest BCUT2D eigenvalue weighted by atomic mass is 9.55. The summed E-state index contributed by atoms with van der Waals surface area (Å²) in [6.45, 7) is 7.05. The summed E-state index contributed by atoms with van der Waals surface area (Å²) in [6, 6.07) is 30.1. The molecule has 0 spiro atoms. The molecule has 3 heterocycles. The number of aliphatic hydroxyl groups is 2. The molecule has 4 aromatic carbocycles. The van der Waals surface area contributed by atoms with Crippen LogP contribution in [0.4, 0.5) is 10.5 Å². The van der Waals surface area contributed by atoms with Crippen molar-refractivity contribution in [2.45, 2.75) is 108 Å². The van der Waals surface area contributed by atoms with Gasteiger partial charge in [-0.1, -0.05) is 78.7 Å². The van der Waals surface area contributed by atoms with Gasteiger partial charge in [0.1, 0.15) is 29.9 Å². The van der Waals surface area contributed by atoms with Gasteiger partial charge in [0.25, 0.3) is 5.69 Å². The van der Waals surface area contributed by atoms with E-state index in [4.69, 9.17) is 33.7 Å². The minimum Gasteiger partial charge on any atom is -0.487 e. The Labute approximate surface area is 420 Å². The van der Waals surface area contributed by atoms with E-state index in [9.17, 15) is 20.3 Å². The number of ether oxygens (including phenoxy) is 5. The molecule has 1 aromatic heterocycles. The highest BCUT2D eigenvalue weighted by molar-refractivity contribution is 6.03. The molecule has 9 rings (SSSR count). The number of benzene rings is 4. The van der Waals surface area contributed by atoms with Crippen LogP contribution in [-0.4, -0.2) is 81.4 Å². The highest BCUT2D eigenvalue weighted by Crippen LogP contribution is 2.62. The number of aryl methyl sites for hydroxylation is 1. The van der Waals surface area contributed by atoms with Crippen LogP contribution in [0.15, 0.2) is 133 Å². The molecular formula is C57H64N4O11. The molecule has 1 saturated heterocycles. The number of pyridine rings is 1. The van der Waals surface area contributed by atoms with Crippen LogP contribution in [0.3, 0.4) is 0 Å². The molecule has 2 N–H and O–H groups in total. The lowest BCUT2D eigenvalue weighted by molar-refractivity contribution is -0.384. The van der Waals surface area contributed by atoms with Gasteiger partial charge in [0.05, 0.1) is 42.0 Å². The first-order chi connectivity index (χ1) is 35.2. The fraction of sp³-hybridized carbons (Fsp3) is 0.421. The van der Waals surface area contributed by atoms with Crippen molar-refractivity contribution in [3.8, 4) is 17.2 Å². The second kappa shape index (κ2) is 23.3. The molecule has 378 valence electrons. The number of amides is 1. The van der Waals surface area contributed by atoms with Crippen LogP contribution >= 0.6 is 0 Å². The van der Waals surface area contributed by atoms with E-state index in [0.717, 1.165) is 77.4 Å². The monoisotopic (exact) mass is 980 g/mol. The van der Waals surface area contributed by atoms with Gasteiger partial charge in [0, 0.05) is 55.4 Å². The van der Waals surface area contributed by atoms with E-state index in [1.54, 1.807) is 11.0 Å². The van der Waals surface area contributed by atoms with Crippen LogP contribution in [0.25, 0.3) is 10.8 Å². The first-order valence-corrected chi connectivity index (χ1v) is 25.3. The van der Waals surface area contributed by atoms with E-state index in [1.807, 2.05) is 79.7 Å². The first kappa shape index (κ1) is 50.3. The topological polar surface area (TPSA) is 185 Å². The standard InChI is InChI=1S/C57H64N4O11/c1-3-31-69-57-52(60(36-41-18-13-17-39-15-4-5-20-46(39)41)56(64)70-44-25-23-43(24-26-44)61(65)66)35-50(59-72-53-22-8-11-32-67-53)48-33-40(16-6-9-29-62)47(21-7-10-30-63)54(55(48)57)49-34-45(27-28-51(49)71-57)68-37-42-19-12-14-38(2)58-42/h3-5,12-15,17-20,23-28,33-34,40,47,52-55,62-63H,1,6-11,16,21-22,29-32,35-37H2,2H3. The second-order valence-corrected chi connectivity index (χ2v) is 19.1. The van der Waals surface area contributed by atoms with Crippen molar-refractivity contribution in [3.05, 3.63) is 160 Å². The summed E-state index contributed by atoms with van der Waals surface area (Å²) in [7, 11) is 0. The van der Waals surface area contributed by atoms with Crippen molar-refractivity contribution in [1.29, 1.82) is 0 Å². The predicted octanol–water partition coefficient (Wildman–Crippen LogP) is 10.9. The Balaban J connectivity index is 1.25. The smallest absolute Gasteiger partial charge is 0.416 e. The minimum absolute atomic E-state index is 0.00202. The molecule has 15 nitrogen and oxygen atoms in total. The first-order valence-electron chi connectivity index (χ1n) is 25.3. The average Bonchev–Trinajstić information content (AvgIpc) is 3.40. The largest absolute Gasteiger partial charge is 0.487 e. The van der Waals surface area contributed by atoms with Crippen molar-refractivity contribution in [2.24, 2.45) is 22.9 Å². The summed E-state index contributed by atoms with van der Waals surface area (Å²) in [5.74, 6) is -1.25. The molecule has 2 aliphatic heterocycles. The summed E-state index contributed by atoms with van der Waals surface area (Å²) in [5.41, 5.74) is 4.77. The fourth-order valence-electron chi connectivity index (χ4n) is 11.2. The van der Waals surface area contributed by atoms with Crippen molar-refractivity contribution >= 4 is 28.3 Å². The maximum atomic E-state index is 15.4. The molecule has 2 fully saturated rings. The van der Waals surface area contributed by atoms with Gasteiger partial charge in [-0.25, -0.2) is 4.79 Å². The van der Waals surface area contributed by atoms with Gasteiger partial charge in [0.15, 0.2) is 0 Å².